The van der Waals surface area contributed by atoms with Gasteiger partial charge in [-0.25, -0.2) is 0 Å². The number of hydrogen-bond acceptors (Lipinski definition) is 3. The molecule has 0 radical (unpaired) electrons. The van der Waals surface area contributed by atoms with Gasteiger partial charge in [0.2, 0.25) is 0 Å². The minimum atomic E-state index is -0.704. The summed E-state index contributed by atoms with van der Waals surface area (Å²) in [5.41, 5.74) is 5.79. The Morgan fingerprint density at radius 2 is 2.12 bits per heavy atom. The number of ether oxygens (including phenoxy) is 1. The minimum absolute atomic E-state index is 0.503. The van der Waals surface area contributed by atoms with Crippen LogP contribution in [-0.2, 0) is 4.79 Å². The SMILES string of the molecule is CCC(O)c1ccccc1OC(C)C(N)=O. The summed E-state index contributed by atoms with van der Waals surface area (Å²) in [6, 6.07) is 7.09. The molecule has 0 bridgehead atoms. The lowest BCUT2D eigenvalue weighted by Gasteiger charge is -2.17. The Balaban J connectivity index is 2.90. The average molecular weight is 223 g/mol. The molecular weight excluding hydrogens is 206 g/mol. The van der Waals surface area contributed by atoms with Crippen LogP contribution in [0.3, 0.4) is 0 Å². The Labute approximate surface area is 95.0 Å². The van der Waals surface area contributed by atoms with E-state index in [2.05, 4.69) is 0 Å². The van der Waals surface area contributed by atoms with Gasteiger partial charge in [0.1, 0.15) is 5.75 Å². The molecule has 0 aromatic heterocycles. The topological polar surface area (TPSA) is 72.6 Å². The quantitative estimate of drug-likeness (QED) is 0.792. The van der Waals surface area contributed by atoms with Crippen molar-refractivity contribution in [3.8, 4) is 5.75 Å². The second kappa shape index (κ2) is 5.51. The van der Waals surface area contributed by atoms with Gasteiger partial charge in [0.05, 0.1) is 6.10 Å². The van der Waals surface area contributed by atoms with Crippen LogP contribution in [0.4, 0.5) is 0 Å². The average Bonchev–Trinajstić information content (AvgIpc) is 2.28. The van der Waals surface area contributed by atoms with Gasteiger partial charge >= 0.3 is 0 Å². The zero-order valence-corrected chi connectivity index (χ0v) is 9.51. The van der Waals surface area contributed by atoms with E-state index in [9.17, 15) is 9.90 Å². The van der Waals surface area contributed by atoms with Gasteiger partial charge in [0.25, 0.3) is 5.91 Å². The number of amides is 1. The van der Waals surface area contributed by atoms with Crippen LogP contribution in [0.15, 0.2) is 24.3 Å². The largest absolute Gasteiger partial charge is 0.481 e. The summed E-state index contributed by atoms with van der Waals surface area (Å²) in [6.45, 7) is 3.45. The summed E-state index contributed by atoms with van der Waals surface area (Å²) in [5.74, 6) is -0.0241. The van der Waals surface area contributed by atoms with Crippen molar-refractivity contribution in [2.24, 2.45) is 5.73 Å². The number of aliphatic hydroxyl groups is 1. The summed E-state index contributed by atoms with van der Waals surface area (Å²) in [7, 11) is 0. The van der Waals surface area contributed by atoms with E-state index >= 15 is 0 Å². The number of benzene rings is 1. The van der Waals surface area contributed by atoms with E-state index in [0.717, 1.165) is 0 Å². The first kappa shape index (κ1) is 12.5. The molecule has 0 aliphatic heterocycles. The van der Waals surface area contributed by atoms with Crippen molar-refractivity contribution < 1.29 is 14.6 Å². The number of carbonyl (C=O) groups excluding carboxylic acids is 1. The highest BCUT2D eigenvalue weighted by atomic mass is 16.5. The van der Waals surface area contributed by atoms with E-state index in [0.29, 0.717) is 17.7 Å². The lowest BCUT2D eigenvalue weighted by Crippen LogP contribution is -2.31. The Bertz CT molecular complexity index is 365. The highest BCUT2D eigenvalue weighted by Gasteiger charge is 2.15. The zero-order valence-electron chi connectivity index (χ0n) is 9.51. The molecule has 2 unspecified atom stereocenters. The predicted octanol–water partition coefficient (Wildman–Crippen LogP) is 1.38. The molecule has 1 rings (SSSR count). The van der Waals surface area contributed by atoms with Crippen molar-refractivity contribution in [1.82, 2.24) is 0 Å². The van der Waals surface area contributed by atoms with Gasteiger partial charge in [-0.1, -0.05) is 25.1 Å². The van der Waals surface area contributed by atoms with Crippen LogP contribution >= 0.6 is 0 Å². The Hall–Kier alpha value is -1.55. The van der Waals surface area contributed by atoms with Crippen LogP contribution in [-0.4, -0.2) is 17.1 Å². The third-order valence-electron chi connectivity index (χ3n) is 2.37. The lowest BCUT2D eigenvalue weighted by molar-refractivity contribution is -0.124. The number of primary amides is 1. The van der Waals surface area contributed by atoms with Crippen LogP contribution in [0.1, 0.15) is 31.9 Å². The van der Waals surface area contributed by atoms with Gasteiger partial charge < -0.3 is 15.6 Å². The summed E-state index contributed by atoms with van der Waals surface area (Å²) < 4.78 is 5.40. The first-order chi connectivity index (χ1) is 7.56. The van der Waals surface area contributed by atoms with Crippen LogP contribution < -0.4 is 10.5 Å². The second-order valence-corrected chi connectivity index (χ2v) is 3.62. The Morgan fingerprint density at radius 1 is 1.50 bits per heavy atom. The summed E-state index contributed by atoms with van der Waals surface area (Å²) in [6.07, 6.45) is -0.702. The third kappa shape index (κ3) is 2.97. The molecule has 0 aliphatic rings. The molecule has 1 aromatic carbocycles. The fourth-order valence-corrected chi connectivity index (χ4v) is 1.33. The molecule has 0 heterocycles. The Morgan fingerprint density at radius 3 is 2.69 bits per heavy atom. The second-order valence-electron chi connectivity index (χ2n) is 3.62. The molecule has 0 saturated carbocycles. The molecule has 1 aromatic rings. The molecule has 0 spiro atoms. The normalized spacial score (nSPS) is 14.2. The summed E-state index contributed by atoms with van der Waals surface area (Å²) >= 11 is 0. The molecule has 3 N–H and O–H groups in total. The van der Waals surface area contributed by atoms with E-state index in [1.807, 2.05) is 13.0 Å². The molecule has 2 atom stereocenters. The van der Waals surface area contributed by atoms with Crippen LogP contribution in [0.5, 0.6) is 5.75 Å². The minimum Gasteiger partial charge on any atom is -0.481 e. The van der Waals surface area contributed by atoms with E-state index < -0.39 is 18.1 Å². The highest BCUT2D eigenvalue weighted by molar-refractivity contribution is 5.78. The van der Waals surface area contributed by atoms with Crippen molar-refractivity contribution >= 4 is 5.91 Å². The van der Waals surface area contributed by atoms with Gasteiger partial charge in [0, 0.05) is 5.56 Å². The first-order valence-corrected chi connectivity index (χ1v) is 5.29. The van der Waals surface area contributed by atoms with Gasteiger partial charge in [-0.05, 0) is 19.4 Å². The fraction of sp³-hybridized carbons (Fsp3) is 0.417. The van der Waals surface area contributed by atoms with Crippen molar-refractivity contribution in [3.63, 3.8) is 0 Å². The smallest absolute Gasteiger partial charge is 0.258 e. The van der Waals surface area contributed by atoms with E-state index in [-0.39, 0.29) is 0 Å². The van der Waals surface area contributed by atoms with Crippen LogP contribution in [0, 0.1) is 0 Å². The fourth-order valence-electron chi connectivity index (χ4n) is 1.33. The van der Waals surface area contributed by atoms with Crippen molar-refractivity contribution in [1.29, 1.82) is 0 Å². The van der Waals surface area contributed by atoms with Crippen LogP contribution in [0.25, 0.3) is 0 Å². The molecule has 0 saturated heterocycles. The molecule has 0 fully saturated rings. The number of hydrogen-bond donors (Lipinski definition) is 2. The van der Waals surface area contributed by atoms with Gasteiger partial charge in [-0.2, -0.15) is 0 Å². The summed E-state index contributed by atoms with van der Waals surface area (Å²) in [5, 5.41) is 9.77. The molecule has 88 valence electrons. The van der Waals surface area contributed by atoms with Crippen molar-refractivity contribution in [2.45, 2.75) is 32.5 Å². The molecule has 16 heavy (non-hydrogen) atoms. The zero-order chi connectivity index (χ0) is 12.1. The van der Waals surface area contributed by atoms with Gasteiger partial charge in [-0.3, -0.25) is 4.79 Å². The number of nitrogens with two attached hydrogens (primary N) is 1. The van der Waals surface area contributed by atoms with Crippen LogP contribution in [0.2, 0.25) is 0 Å². The maximum atomic E-state index is 10.9. The van der Waals surface area contributed by atoms with Crippen molar-refractivity contribution in [3.05, 3.63) is 29.8 Å². The monoisotopic (exact) mass is 223 g/mol. The maximum Gasteiger partial charge on any atom is 0.258 e. The number of carbonyl (C=O) groups is 1. The highest BCUT2D eigenvalue weighted by Crippen LogP contribution is 2.27. The van der Waals surface area contributed by atoms with E-state index in [4.69, 9.17) is 10.5 Å². The van der Waals surface area contributed by atoms with Crippen molar-refractivity contribution in [2.75, 3.05) is 0 Å². The lowest BCUT2D eigenvalue weighted by atomic mass is 10.1. The van der Waals surface area contributed by atoms with Gasteiger partial charge in [0.15, 0.2) is 6.10 Å². The molecular formula is C12H17NO3. The van der Waals surface area contributed by atoms with E-state index in [1.54, 1.807) is 25.1 Å². The number of rotatable bonds is 5. The summed E-state index contributed by atoms with van der Waals surface area (Å²) in [4.78, 5) is 10.9. The molecule has 4 nitrogen and oxygen atoms in total. The van der Waals surface area contributed by atoms with E-state index in [1.165, 1.54) is 0 Å². The standard InChI is InChI=1S/C12H17NO3/c1-3-10(14)9-6-4-5-7-11(9)16-8(2)12(13)15/h4-8,10,14H,3H2,1-2H3,(H2,13,15). The molecule has 0 aliphatic carbocycles. The maximum absolute atomic E-state index is 10.9. The van der Waals surface area contributed by atoms with Gasteiger partial charge in [-0.15, -0.1) is 0 Å². The first-order valence-electron chi connectivity index (χ1n) is 5.29. The Kier molecular flexibility index (Phi) is 4.31. The molecule has 1 amide bonds. The predicted molar refractivity (Wildman–Crippen MR) is 61.0 cm³/mol. The third-order valence-corrected chi connectivity index (χ3v) is 2.37. The number of para-hydroxylation sites is 1. The number of aliphatic hydroxyl groups excluding tert-OH is 1. The molecule has 4 heteroatoms.